The van der Waals surface area contributed by atoms with E-state index in [2.05, 4.69) is 41.4 Å². The molecular weight excluding hydrogens is 222 g/mol. The molecule has 2 nitrogen and oxygen atoms in total. The van der Waals surface area contributed by atoms with Crippen molar-refractivity contribution >= 4 is 0 Å². The lowest BCUT2D eigenvalue weighted by Crippen LogP contribution is -1.81. The highest BCUT2D eigenvalue weighted by atomic mass is 16.0. The van der Waals surface area contributed by atoms with Gasteiger partial charge in [0.05, 0.1) is 11.4 Å². The first kappa shape index (κ1) is 10.8. The quantitative estimate of drug-likeness (QED) is 0.714. The zero-order chi connectivity index (χ0) is 12.4. The van der Waals surface area contributed by atoms with E-state index in [0.717, 1.165) is 17.0 Å². The highest BCUT2D eigenvalue weighted by Crippen LogP contribution is 2.28. The first-order chi connectivity index (χ1) is 8.86. The van der Waals surface area contributed by atoms with Crippen molar-refractivity contribution in [3.8, 4) is 22.5 Å². The second kappa shape index (κ2) is 4.49. The van der Waals surface area contributed by atoms with E-state index in [1.54, 1.807) is 0 Å². The summed E-state index contributed by atoms with van der Waals surface area (Å²) < 4.78 is 0. The number of aromatic nitrogens is 2. The van der Waals surface area contributed by atoms with E-state index in [4.69, 9.17) is 0 Å². The minimum atomic E-state index is 1.02. The minimum absolute atomic E-state index is 1.02. The average Bonchev–Trinajstić information content (AvgIpc) is 2.83. The lowest BCUT2D eigenvalue weighted by atomic mass is 10.0. The summed E-state index contributed by atoms with van der Waals surface area (Å²) in [5, 5.41) is 7.58. The molecule has 0 atom stereocenters. The van der Waals surface area contributed by atoms with Gasteiger partial charge in [-0.2, -0.15) is 5.10 Å². The molecule has 0 bridgehead atoms. The maximum atomic E-state index is 4.44. The van der Waals surface area contributed by atoms with Crippen molar-refractivity contribution in [2.24, 2.45) is 0 Å². The second-order valence-electron chi connectivity index (χ2n) is 4.30. The van der Waals surface area contributed by atoms with Gasteiger partial charge in [0.1, 0.15) is 0 Å². The number of benzene rings is 2. The minimum Gasteiger partial charge on any atom is -0.277 e. The van der Waals surface area contributed by atoms with Gasteiger partial charge in [-0.05, 0) is 12.5 Å². The summed E-state index contributed by atoms with van der Waals surface area (Å²) in [6.07, 6.45) is 0. The van der Waals surface area contributed by atoms with Crippen LogP contribution in [0.2, 0.25) is 0 Å². The first-order valence-electron chi connectivity index (χ1n) is 6.02. The largest absolute Gasteiger partial charge is 0.277 e. The Labute approximate surface area is 106 Å². The van der Waals surface area contributed by atoms with E-state index in [0.29, 0.717) is 0 Å². The van der Waals surface area contributed by atoms with E-state index in [1.165, 1.54) is 11.1 Å². The van der Waals surface area contributed by atoms with Gasteiger partial charge in [0.2, 0.25) is 0 Å². The molecule has 1 N–H and O–H groups in total. The number of nitrogens with one attached hydrogen (secondary N) is 1. The predicted molar refractivity (Wildman–Crippen MR) is 74.2 cm³/mol. The van der Waals surface area contributed by atoms with Crippen LogP contribution >= 0.6 is 0 Å². The molecule has 3 aromatic rings. The van der Waals surface area contributed by atoms with E-state index in [1.807, 2.05) is 36.4 Å². The van der Waals surface area contributed by atoms with Crippen molar-refractivity contribution in [2.45, 2.75) is 6.92 Å². The zero-order valence-corrected chi connectivity index (χ0v) is 10.2. The average molecular weight is 236 g/mol. The predicted octanol–water partition coefficient (Wildman–Crippen LogP) is 4.05. The summed E-state index contributed by atoms with van der Waals surface area (Å²) in [7, 11) is 0. The van der Waals surface area contributed by atoms with Crippen LogP contribution in [0, 0.1) is 6.92 Å². The summed E-state index contributed by atoms with van der Waals surface area (Å²) in [5.74, 6) is 0. The van der Waals surface area contributed by atoms with Crippen molar-refractivity contribution in [2.75, 3.05) is 0 Å². The van der Waals surface area contributed by atoms with Crippen LogP contribution in [0.25, 0.3) is 22.5 Å². The topological polar surface area (TPSA) is 28.7 Å². The third-order valence-corrected chi connectivity index (χ3v) is 3.12. The SMILES string of the molecule is Cc1c(-c2ccccc2)[15n][15nH]c1-c1ccccc1. The molecule has 0 saturated carbocycles. The lowest BCUT2D eigenvalue weighted by molar-refractivity contribution is 1.10. The summed E-state index contributed by atoms with van der Waals surface area (Å²) in [6, 6.07) is 20.5. The third-order valence-electron chi connectivity index (χ3n) is 3.12. The van der Waals surface area contributed by atoms with E-state index in [-0.39, 0.29) is 0 Å². The van der Waals surface area contributed by atoms with Crippen LogP contribution in [0.3, 0.4) is 0 Å². The van der Waals surface area contributed by atoms with Gasteiger partial charge in [0, 0.05) is 11.1 Å². The zero-order valence-electron chi connectivity index (χ0n) is 10.2. The molecule has 0 unspecified atom stereocenters. The van der Waals surface area contributed by atoms with E-state index >= 15 is 0 Å². The van der Waals surface area contributed by atoms with Gasteiger partial charge < -0.3 is 0 Å². The van der Waals surface area contributed by atoms with Gasteiger partial charge >= 0.3 is 0 Å². The van der Waals surface area contributed by atoms with Gasteiger partial charge in [-0.1, -0.05) is 60.7 Å². The molecule has 18 heavy (non-hydrogen) atoms. The summed E-state index contributed by atoms with van der Waals surface area (Å²) >= 11 is 0. The van der Waals surface area contributed by atoms with Crippen LogP contribution in [0.4, 0.5) is 0 Å². The Balaban J connectivity index is 2.09. The fourth-order valence-corrected chi connectivity index (χ4v) is 2.16. The smallest absolute Gasteiger partial charge is 0.0956 e. The Morgan fingerprint density at radius 3 is 1.94 bits per heavy atom. The molecule has 2 heteroatoms. The molecule has 0 spiro atoms. The van der Waals surface area contributed by atoms with Crippen molar-refractivity contribution < 1.29 is 0 Å². The van der Waals surface area contributed by atoms with Gasteiger partial charge in [0.15, 0.2) is 0 Å². The number of H-pyrrole nitrogens is 1. The van der Waals surface area contributed by atoms with Crippen LogP contribution in [0.1, 0.15) is 5.56 Å². The van der Waals surface area contributed by atoms with E-state index in [9.17, 15) is 0 Å². The van der Waals surface area contributed by atoms with Crippen LogP contribution < -0.4 is 0 Å². The third kappa shape index (κ3) is 1.82. The molecule has 0 saturated heterocycles. The number of hydrogen-bond donors (Lipinski definition) is 1. The molecule has 1 heterocycles. The number of nitrogens with zero attached hydrogens (tertiary/aromatic N) is 1. The Morgan fingerprint density at radius 1 is 0.778 bits per heavy atom. The van der Waals surface area contributed by atoms with Crippen LogP contribution in [-0.2, 0) is 0 Å². The summed E-state index contributed by atoms with van der Waals surface area (Å²) in [6.45, 7) is 2.11. The Hall–Kier alpha value is -2.35. The number of rotatable bonds is 2. The van der Waals surface area contributed by atoms with Gasteiger partial charge in [-0.3, -0.25) is 5.10 Å². The molecule has 88 valence electrons. The fraction of sp³-hybridized carbons (Fsp3) is 0.0625. The van der Waals surface area contributed by atoms with Crippen molar-refractivity contribution in [3.05, 3.63) is 66.2 Å². The monoisotopic (exact) mass is 236 g/mol. The van der Waals surface area contributed by atoms with Gasteiger partial charge in [-0.15, -0.1) is 0 Å². The van der Waals surface area contributed by atoms with Crippen LogP contribution in [0.15, 0.2) is 60.7 Å². The van der Waals surface area contributed by atoms with Crippen LogP contribution in [0.5, 0.6) is 0 Å². The van der Waals surface area contributed by atoms with Gasteiger partial charge in [0.25, 0.3) is 0 Å². The number of aromatic amines is 1. The lowest BCUT2D eigenvalue weighted by Gasteiger charge is -2.00. The maximum absolute atomic E-state index is 4.44. The fourth-order valence-electron chi connectivity index (χ4n) is 2.16. The second-order valence-corrected chi connectivity index (χ2v) is 4.30. The molecule has 2 aromatic carbocycles. The maximum Gasteiger partial charge on any atom is 0.0956 e. The van der Waals surface area contributed by atoms with Crippen molar-refractivity contribution in [1.29, 1.82) is 0 Å². The molecule has 0 aliphatic heterocycles. The van der Waals surface area contributed by atoms with Gasteiger partial charge in [-0.25, -0.2) is 0 Å². The summed E-state index contributed by atoms with van der Waals surface area (Å²) in [4.78, 5) is 0. The van der Waals surface area contributed by atoms with Crippen molar-refractivity contribution in [1.82, 2.24) is 10.2 Å². The standard InChI is InChI=1S/C16H14N2/c1-12-15(13-8-4-2-5-9-13)17-18-16(12)14-10-6-3-7-11-14/h2-11H,1H3,(H,17,18)/i17+1,18+1. The van der Waals surface area contributed by atoms with Crippen molar-refractivity contribution in [3.63, 3.8) is 0 Å². The van der Waals surface area contributed by atoms with E-state index < -0.39 is 0 Å². The Bertz CT molecular complexity index is 582. The Kier molecular flexibility index (Phi) is 2.69. The highest BCUT2D eigenvalue weighted by molar-refractivity contribution is 5.73. The Morgan fingerprint density at radius 2 is 1.33 bits per heavy atom. The molecule has 0 fully saturated rings. The molecule has 0 aliphatic carbocycles. The first-order valence-corrected chi connectivity index (χ1v) is 6.02. The molecule has 3 rings (SSSR count). The molecule has 0 aliphatic rings. The molecular formula is C16H14N2. The molecule has 1 aromatic heterocycles. The molecule has 0 radical (unpaired) electrons. The highest BCUT2D eigenvalue weighted by Gasteiger charge is 2.11. The van der Waals surface area contributed by atoms with Crippen LogP contribution in [-0.4, -0.2) is 10.2 Å². The normalized spacial score (nSPS) is 10.5. The number of hydrogen-bond acceptors (Lipinski definition) is 1. The molecule has 0 amide bonds. The summed E-state index contributed by atoms with van der Waals surface area (Å²) in [5.41, 5.74) is 5.62.